The molecule has 0 aliphatic carbocycles. The van der Waals surface area contributed by atoms with E-state index >= 15 is 0 Å². The van der Waals surface area contributed by atoms with Crippen LogP contribution in [0.4, 0.5) is 0 Å². The van der Waals surface area contributed by atoms with Gasteiger partial charge in [0.2, 0.25) is 0 Å². The third kappa shape index (κ3) is 14.3. The highest BCUT2D eigenvalue weighted by Gasteiger charge is 1.99. The number of hydrogen-bond donors (Lipinski definition) is 2. The van der Waals surface area contributed by atoms with Gasteiger partial charge < -0.3 is 20.1 Å². The SMILES string of the molecule is CCOC(=O)/C=C(/C)NCCSSCCN/C(C)=C/C(=O)OCC. The van der Waals surface area contributed by atoms with E-state index in [1.54, 1.807) is 35.4 Å². The van der Waals surface area contributed by atoms with Crippen molar-refractivity contribution in [2.75, 3.05) is 37.8 Å². The van der Waals surface area contributed by atoms with Crippen LogP contribution in [0.25, 0.3) is 0 Å². The molecule has 6 nitrogen and oxygen atoms in total. The van der Waals surface area contributed by atoms with Crippen LogP contribution in [0, 0.1) is 0 Å². The van der Waals surface area contributed by atoms with Gasteiger partial charge in [-0.2, -0.15) is 0 Å². The highest BCUT2D eigenvalue weighted by atomic mass is 33.1. The highest BCUT2D eigenvalue weighted by molar-refractivity contribution is 8.76. The molecule has 0 aromatic rings. The molecule has 0 saturated carbocycles. The molecule has 0 aromatic heterocycles. The Morgan fingerprint density at radius 1 is 0.833 bits per heavy atom. The van der Waals surface area contributed by atoms with Gasteiger partial charge in [0.05, 0.1) is 13.2 Å². The lowest BCUT2D eigenvalue weighted by Crippen LogP contribution is -2.17. The molecule has 138 valence electrons. The number of carbonyl (C=O) groups is 2. The topological polar surface area (TPSA) is 76.7 Å². The van der Waals surface area contributed by atoms with Gasteiger partial charge in [0.1, 0.15) is 0 Å². The highest BCUT2D eigenvalue weighted by Crippen LogP contribution is 2.19. The zero-order chi connectivity index (χ0) is 18.2. The summed E-state index contributed by atoms with van der Waals surface area (Å²) in [7, 11) is 3.52. The molecule has 0 heterocycles. The molecular weight excluding hydrogens is 348 g/mol. The van der Waals surface area contributed by atoms with Gasteiger partial charge in [0.15, 0.2) is 0 Å². The quantitative estimate of drug-likeness (QED) is 0.220. The normalized spacial score (nSPS) is 11.8. The van der Waals surface area contributed by atoms with Gasteiger partial charge in [-0.15, -0.1) is 0 Å². The summed E-state index contributed by atoms with van der Waals surface area (Å²) in [4.78, 5) is 22.5. The Kier molecular flexibility index (Phi) is 14.4. The van der Waals surface area contributed by atoms with E-state index in [0.717, 1.165) is 36.0 Å². The van der Waals surface area contributed by atoms with E-state index in [2.05, 4.69) is 10.6 Å². The maximum atomic E-state index is 11.2. The van der Waals surface area contributed by atoms with Gasteiger partial charge in [-0.3, -0.25) is 0 Å². The first-order chi connectivity index (χ1) is 11.5. The fourth-order valence-electron chi connectivity index (χ4n) is 1.52. The van der Waals surface area contributed by atoms with Crippen molar-refractivity contribution in [3.05, 3.63) is 23.5 Å². The van der Waals surface area contributed by atoms with Crippen LogP contribution in [-0.2, 0) is 19.1 Å². The first kappa shape index (κ1) is 22.7. The number of allylic oxidation sites excluding steroid dienone is 2. The molecule has 0 aliphatic heterocycles. The summed E-state index contributed by atoms with van der Waals surface area (Å²) in [6.45, 7) is 9.60. The van der Waals surface area contributed by atoms with Crippen molar-refractivity contribution in [2.24, 2.45) is 0 Å². The number of ether oxygens (including phenoxy) is 2. The van der Waals surface area contributed by atoms with Crippen LogP contribution in [0.15, 0.2) is 23.5 Å². The Morgan fingerprint density at radius 2 is 1.21 bits per heavy atom. The molecule has 0 aliphatic rings. The van der Waals surface area contributed by atoms with E-state index in [1.807, 2.05) is 13.8 Å². The standard InChI is InChI=1S/C16H28N2O4S2/c1-5-21-15(19)11-13(3)17-7-9-23-24-10-8-18-14(4)12-16(20)22-6-2/h11-12,17-18H,5-10H2,1-4H3/b13-11-,14-12+. The zero-order valence-electron chi connectivity index (χ0n) is 14.8. The summed E-state index contributed by atoms with van der Waals surface area (Å²) in [5.74, 6) is 1.22. The molecule has 0 saturated heterocycles. The van der Waals surface area contributed by atoms with E-state index in [9.17, 15) is 9.59 Å². The zero-order valence-corrected chi connectivity index (χ0v) is 16.5. The molecule has 0 aromatic carbocycles. The third-order valence-electron chi connectivity index (χ3n) is 2.50. The van der Waals surface area contributed by atoms with Gasteiger partial charge in [0.25, 0.3) is 0 Å². The Hall–Kier alpha value is -1.28. The van der Waals surface area contributed by atoms with Crippen molar-refractivity contribution < 1.29 is 19.1 Å². The average Bonchev–Trinajstić information content (AvgIpc) is 2.50. The van der Waals surface area contributed by atoms with Crippen LogP contribution >= 0.6 is 21.6 Å². The first-order valence-corrected chi connectivity index (χ1v) is 10.4. The molecule has 0 amide bonds. The predicted octanol–water partition coefficient (Wildman–Crippen LogP) is 2.48. The minimum absolute atomic E-state index is 0.318. The summed E-state index contributed by atoms with van der Waals surface area (Å²) in [5, 5.41) is 6.33. The van der Waals surface area contributed by atoms with Crippen LogP contribution < -0.4 is 10.6 Å². The van der Waals surface area contributed by atoms with Crippen molar-refractivity contribution in [2.45, 2.75) is 27.7 Å². The predicted molar refractivity (Wildman–Crippen MR) is 102 cm³/mol. The smallest absolute Gasteiger partial charge is 0.332 e. The van der Waals surface area contributed by atoms with Crippen LogP contribution in [0.2, 0.25) is 0 Å². The molecule has 0 spiro atoms. The lowest BCUT2D eigenvalue weighted by atomic mass is 10.4. The monoisotopic (exact) mass is 376 g/mol. The Labute approximate surface area is 152 Å². The number of nitrogens with one attached hydrogen (secondary N) is 2. The molecule has 8 heteroatoms. The molecular formula is C16H28N2O4S2. The second-order valence-corrected chi connectivity index (χ2v) is 7.36. The largest absolute Gasteiger partial charge is 0.463 e. The van der Waals surface area contributed by atoms with Crippen LogP contribution in [-0.4, -0.2) is 49.7 Å². The lowest BCUT2D eigenvalue weighted by molar-refractivity contribution is -0.138. The van der Waals surface area contributed by atoms with E-state index in [1.165, 1.54) is 12.2 Å². The molecule has 0 fully saturated rings. The Balaban J connectivity index is 3.61. The summed E-state index contributed by atoms with van der Waals surface area (Å²) >= 11 is 0. The van der Waals surface area contributed by atoms with E-state index in [-0.39, 0.29) is 11.9 Å². The second-order valence-electron chi connectivity index (χ2n) is 4.66. The summed E-state index contributed by atoms with van der Waals surface area (Å²) < 4.78 is 9.67. The fourth-order valence-corrected chi connectivity index (χ4v) is 3.33. The van der Waals surface area contributed by atoms with Gasteiger partial charge in [-0.05, 0) is 27.7 Å². The first-order valence-electron chi connectivity index (χ1n) is 7.91. The summed E-state index contributed by atoms with van der Waals surface area (Å²) in [6, 6.07) is 0. The summed E-state index contributed by atoms with van der Waals surface area (Å²) in [5.41, 5.74) is 1.61. The lowest BCUT2D eigenvalue weighted by Gasteiger charge is -2.07. The number of esters is 2. The fraction of sp³-hybridized carbons (Fsp3) is 0.625. The number of rotatable bonds is 13. The van der Waals surface area contributed by atoms with Gasteiger partial charge in [-0.25, -0.2) is 9.59 Å². The maximum Gasteiger partial charge on any atom is 0.332 e. The average molecular weight is 377 g/mol. The number of hydrogen-bond acceptors (Lipinski definition) is 8. The molecule has 2 N–H and O–H groups in total. The van der Waals surface area contributed by atoms with Crippen molar-refractivity contribution in [3.63, 3.8) is 0 Å². The Morgan fingerprint density at radius 3 is 1.54 bits per heavy atom. The molecule has 0 atom stereocenters. The van der Waals surface area contributed by atoms with Crippen molar-refractivity contribution >= 4 is 33.5 Å². The van der Waals surface area contributed by atoms with Crippen molar-refractivity contribution in [1.29, 1.82) is 0 Å². The second kappa shape index (κ2) is 15.3. The van der Waals surface area contributed by atoms with Crippen LogP contribution in [0.5, 0.6) is 0 Å². The van der Waals surface area contributed by atoms with Crippen molar-refractivity contribution in [1.82, 2.24) is 10.6 Å². The van der Waals surface area contributed by atoms with E-state index in [4.69, 9.17) is 9.47 Å². The van der Waals surface area contributed by atoms with Gasteiger partial charge >= 0.3 is 11.9 Å². The third-order valence-corrected chi connectivity index (χ3v) is 4.91. The van der Waals surface area contributed by atoms with E-state index in [0.29, 0.717) is 13.2 Å². The minimum atomic E-state index is -0.318. The Bertz CT molecular complexity index is 400. The van der Waals surface area contributed by atoms with Gasteiger partial charge in [-0.1, -0.05) is 21.6 Å². The summed E-state index contributed by atoms with van der Waals surface area (Å²) in [6.07, 6.45) is 2.92. The van der Waals surface area contributed by atoms with Crippen LogP contribution in [0.1, 0.15) is 27.7 Å². The van der Waals surface area contributed by atoms with Crippen LogP contribution in [0.3, 0.4) is 0 Å². The number of carbonyl (C=O) groups excluding carboxylic acids is 2. The van der Waals surface area contributed by atoms with Crippen molar-refractivity contribution in [3.8, 4) is 0 Å². The molecule has 0 bridgehead atoms. The molecule has 0 radical (unpaired) electrons. The molecule has 0 rings (SSSR count). The molecule has 0 unspecified atom stereocenters. The van der Waals surface area contributed by atoms with E-state index < -0.39 is 0 Å². The molecule has 24 heavy (non-hydrogen) atoms. The minimum Gasteiger partial charge on any atom is -0.463 e. The van der Waals surface area contributed by atoms with Gasteiger partial charge in [0, 0.05) is 48.1 Å². The maximum absolute atomic E-state index is 11.2.